The van der Waals surface area contributed by atoms with Crippen LogP contribution in [0.15, 0.2) is 66.7 Å². The number of benzene rings is 2. The molecule has 1 atom stereocenters. The average Bonchev–Trinajstić information content (AvgIpc) is 3.30. The minimum Gasteiger partial charge on any atom is -0.487 e. The molecule has 1 fully saturated rings. The summed E-state index contributed by atoms with van der Waals surface area (Å²) in [6.45, 7) is 8.67. The first-order valence-electron chi connectivity index (χ1n) is 13.6. The lowest BCUT2D eigenvalue weighted by Gasteiger charge is -2.32. The Morgan fingerprint density at radius 2 is 1.60 bits per heavy atom. The number of piperidine rings is 1. The molecule has 240 valence electrons. The number of hydrogen-bond donors (Lipinski definition) is 2. The molecule has 3 heterocycles. The summed E-state index contributed by atoms with van der Waals surface area (Å²) in [6.07, 6.45) is 1.57. The molecular formula is C30H45Cl3N6O4. The summed E-state index contributed by atoms with van der Waals surface area (Å²) in [5.41, 5.74) is 10.4. The fourth-order valence-corrected chi connectivity index (χ4v) is 5.08. The highest BCUT2D eigenvalue weighted by Crippen LogP contribution is 2.34. The number of rotatable bonds is 11. The second-order valence-corrected chi connectivity index (χ2v) is 9.76. The Hall–Kier alpha value is -2.67. The van der Waals surface area contributed by atoms with Crippen LogP contribution in [0.1, 0.15) is 42.9 Å². The van der Waals surface area contributed by atoms with Gasteiger partial charge in [-0.2, -0.15) is 0 Å². The molecule has 0 bridgehead atoms. The molecule has 2 aromatic carbocycles. The summed E-state index contributed by atoms with van der Waals surface area (Å²) in [5, 5.41) is 3.75. The normalized spacial score (nSPS) is 13.7. The van der Waals surface area contributed by atoms with E-state index in [1.54, 1.807) is 0 Å². The number of halogens is 3. The molecule has 10 nitrogen and oxygen atoms in total. The number of pyridine rings is 1. The van der Waals surface area contributed by atoms with E-state index in [4.69, 9.17) is 25.2 Å². The van der Waals surface area contributed by atoms with E-state index in [1.807, 2.05) is 62.4 Å². The zero-order valence-electron chi connectivity index (χ0n) is 24.6. The third-order valence-corrected chi connectivity index (χ3v) is 7.02. The maximum Gasteiger partial charge on any atom is 0.206 e. The third-order valence-electron chi connectivity index (χ3n) is 7.02. The zero-order chi connectivity index (χ0) is 26.3. The average molecular weight is 660 g/mol. The molecular weight excluding hydrogens is 615 g/mol. The Balaban J connectivity index is 0.00000353. The number of anilines is 1. The number of aryl methyl sites for hydroxylation is 1. The largest absolute Gasteiger partial charge is 0.487 e. The molecule has 0 amide bonds. The van der Waals surface area contributed by atoms with Crippen LogP contribution in [-0.2, 0) is 11.3 Å². The number of likely N-dealkylation sites (tertiary alicyclic amines) is 1. The van der Waals surface area contributed by atoms with Crippen LogP contribution in [0.25, 0.3) is 11.0 Å². The van der Waals surface area contributed by atoms with Gasteiger partial charge in [0.1, 0.15) is 18.1 Å². The predicted octanol–water partition coefficient (Wildman–Crippen LogP) is 4.35. The molecule has 1 aliphatic rings. The summed E-state index contributed by atoms with van der Waals surface area (Å²) < 4.78 is 14.9. The van der Waals surface area contributed by atoms with Crippen LogP contribution in [0.2, 0.25) is 0 Å². The van der Waals surface area contributed by atoms with Gasteiger partial charge < -0.3 is 36.4 Å². The summed E-state index contributed by atoms with van der Waals surface area (Å²) in [5.74, 6) is 1.50. The van der Waals surface area contributed by atoms with E-state index in [0.717, 1.165) is 66.4 Å². The van der Waals surface area contributed by atoms with Crippen molar-refractivity contribution in [3.63, 3.8) is 0 Å². The minimum atomic E-state index is -0.502. The number of nitrogens with zero attached hydrogens (tertiary/aromatic N) is 4. The number of aromatic nitrogens is 3. The number of para-hydroxylation sites is 2. The number of ether oxygens (including phenoxy) is 2. The van der Waals surface area contributed by atoms with Crippen molar-refractivity contribution < 1.29 is 20.4 Å². The molecule has 0 aliphatic carbocycles. The van der Waals surface area contributed by atoms with E-state index in [0.29, 0.717) is 31.5 Å². The van der Waals surface area contributed by atoms with Crippen LogP contribution in [0.3, 0.4) is 0 Å². The van der Waals surface area contributed by atoms with Crippen molar-refractivity contribution in [2.75, 3.05) is 38.1 Å². The molecule has 7 N–H and O–H groups in total. The van der Waals surface area contributed by atoms with Gasteiger partial charge in [0.25, 0.3) is 0 Å². The lowest BCUT2D eigenvalue weighted by Crippen LogP contribution is -2.41. The van der Waals surface area contributed by atoms with E-state index in [-0.39, 0.29) is 48.2 Å². The first kappa shape index (κ1) is 40.3. The topological polar surface area (TPSA) is 153 Å². The minimum absolute atomic E-state index is 0. The Kier molecular flexibility index (Phi) is 18.4. The Bertz CT molecular complexity index is 1340. The molecule has 2 aromatic heterocycles. The van der Waals surface area contributed by atoms with Crippen LogP contribution in [-0.4, -0.2) is 69.2 Å². The molecule has 1 unspecified atom stereocenters. The van der Waals surface area contributed by atoms with Crippen molar-refractivity contribution in [1.29, 1.82) is 0 Å². The number of hydrogen-bond acceptors (Lipinski definition) is 7. The van der Waals surface area contributed by atoms with Crippen LogP contribution in [0, 0.1) is 6.92 Å². The van der Waals surface area contributed by atoms with Gasteiger partial charge in [-0.05, 0) is 56.5 Å². The molecule has 4 aromatic rings. The van der Waals surface area contributed by atoms with Gasteiger partial charge in [0.15, 0.2) is 6.23 Å². The Labute approximate surface area is 272 Å². The predicted molar refractivity (Wildman–Crippen MR) is 180 cm³/mol. The summed E-state index contributed by atoms with van der Waals surface area (Å²) in [4.78, 5) is 12.4. The van der Waals surface area contributed by atoms with Gasteiger partial charge in [0.2, 0.25) is 5.95 Å². The van der Waals surface area contributed by atoms with Crippen LogP contribution in [0.5, 0.6) is 5.75 Å². The van der Waals surface area contributed by atoms with Crippen molar-refractivity contribution in [1.82, 2.24) is 19.4 Å². The van der Waals surface area contributed by atoms with E-state index in [2.05, 4.69) is 33.0 Å². The van der Waals surface area contributed by atoms with Crippen molar-refractivity contribution in [2.45, 2.75) is 45.6 Å². The fraction of sp³-hybridized carbons (Fsp3) is 0.400. The summed E-state index contributed by atoms with van der Waals surface area (Å²) in [6, 6.07) is 22.6. The van der Waals surface area contributed by atoms with E-state index >= 15 is 0 Å². The molecule has 1 saturated heterocycles. The van der Waals surface area contributed by atoms with Crippen molar-refractivity contribution in [3.8, 4) is 5.75 Å². The molecule has 5 rings (SSSR count). The first-order chi connectivity index (χ1) is 18.7. The molecule has 0 spiro atoms. The van der Waals surface area contributed by atoms with Gasteiger partial charge in [0.05, 0.1) is 11.0 Å². The molecule has 1 aliphatic heterocycles. The van der Waals surface area contributed by atoms with E-state index < -0.39 is 6.23 Å². The molecule has 43 heavy (non-hydrogen) atoms. The number of imidazole rings is 1. The van der Waals surface area contributed by atoms with Crippen LogP contribution < -0.4 is 15.8 Å². The quantitative estimate of drug-likeness (QED) is 0.243. The van der Waals surface area contributed by atoms with E-state index in [9.17, 15) is 0 Å². The maximum atomic E-state index is 6.43. The second-order valence-electron chi connectivity index (χ2n) is 9.76. The number of nitrogens with two attached hydrogens (primary N) is 1. The first-order valence-corrected chi connectivity index (χ1v) is 13.6. The second kappa shape index (κ2) is 19.6. The van der Waals surface area contributed by atoms with Crippen LogP contribution >= 0.6 is 37.2 Å². The molecule has 13 heteroatoms. The monoisotopic (exact) mass is 658 g/mol. The summed E-state index contributed by atoms with van der Waals surface area (Å²) >= 11 is 0. The molecule has 0 radical (unpaired) electrons. The number of fused-ring (bicyclic) bond motifs is 1. The lowest BCUT2D eigenvalue weighted by molar-refractivity contribution is 0.0393. The highest BCUT2D eigenvalue weighted by Gasteiger charge is 2.28. The SMILES string of the molecule is CCOC(c1nc(C)ccc1OCc1ccccc1)n1c(NC2CCN(CCN)CC2)nc2ccccc21.Cl.Cl.Cl.O.O. The lowest BCUT2D eigenvalue weighted by atomic mass is 10.1. The van der Waals surface area contributed by atoms with Gasteiger partial charge in [-0.1, -0.05) is 42.5 Å². The maximum absolute atomic E-state index is 6.43. The fourth-order valence-electron chi connectivity index (χ4n) is 5.08. The Morgan fingerprint density at radius 1 is 0.930 bits per heavy atom. The van der Waals surface area contributed by atoms with Gasteiger partial charge in [0, 0.05) is 44.5 Å². The van der Waals surface area contributed by atoms with Gasteiger partial charge in [-0.15, -0.1) is 37.2 Å². The Morgan fingerprint density at radius 3 is 2.28 bits per heavy atom. The highest BCUT2D eigenvalue weighted by molar-refractivity contribution is 5.86. The highest BCUT2D eigenvalue weighted by atomic mass is 35.5. The van der Waals surface area contributed by atoms with Crippen molar-refractivity contribution in [2.24, 2.45) is 5.73 Å². The van der Waals surface area contributed by atoms with Gasteiger partial charge in [-0.25, -0.2) is 9.97 Å². The van der Waals surface area contributed by atoms with Gasteiger partial charge in [-0.3, -0.25) is 4.57 Å². The standard InChI is InChI=1S/C30H38N6O2.3ClH.2H2O/c1-3-37-29(28-27(14-13-22(2)32-28)38-21-23-9-5-4-6-10-23)36-26-12-8-7-11-25(26)34-30(36)33-24-15-18-35(19-16-24)20-17-31;;;;;/h4-14,24,29H,3,15-21,31H2,1-2H3,(H,33,34);3*1H;2*1H2. The smallest absolute Gasteiger partial charge is 0.206 e. The van der Waals surface area contributed by atoms with Crippen LogP contribution in [0.4, 0.5) is 5.95 Å². The van der Waals surface area contributed by atoms with Crippen molar-refractivity contribution >= 4 is 54.2 Å². The molecule has 0 saturated carbocycles. The third kappa shape index (κ3) is 9.92. The van der Waals surface area contributed by atoms with Crippen molar-refractivity contribution in [3.05, 3.63) is 83.7 Å². The summed E-state index contributed by atoms with van der Waals surface area (Å²) in [7, 11) is 0. The zero-order valence-corrected chi connectivity index (χ0v) is 27.0. The number of nitrogens with one attached hydrogen (secondary N) is 1. The van der Waals surface area contributed by atoms with Gasteiger partial charge >= 0.3 is 0 Å². The van der Waals surface area contributed by atoms with E-state index in [1.165, 1.54) is 0 Å².